The number of carbonyl (C=O) groups is 1. The lowest BCUT2D eigenvalue weighted by Gasteiger charge is -2.30. The molecule has 0 aliphatic rings. The molecule has 12 heteroatoms. The minimum absolute atomic E-state index is 0.0516. The lowest BCUT2D eigenvalue weighted by atomic mass is 10.1. The van der Waals surface area contributed by atoms with Crippen LogP contribution in [0, 0.1) is 11.3 Å². The maximum Gasteiger partial charge on any atom is 0.460 e. The smallest absolute Gasteiger partial charge is 0.460 e. The molecular formula is C15H10BrF7N2O2. The normalized spacial score (nSPS) is 13.1. The fraction of sp³-hybridized carbons (Fsp3) is 0.333. The van der Waals surface area contributed by atoms with E-state index in [1.807, 2.05) is 0 Å². The molecule has 1 aromatic carbocycles. The van der Waals surface area contributed by atoms with Crippen molar-refractivity contribution in [2.45, 2.75) is 24.9 Å². The standard InChI is InChI=1S/C15H10BrF7N2O2/c1-2-27-12(26)6-11(13(17,18)14(19,20)15(21,22)23)25-10-4-3-8(7-24)5-9(10)16/h3-6,25H,2H2,1H3/b11-6+. The van der Waals surface area contributed by atoms with Crippen LogP contribution in [0.2, 0.25) is 0 Å². The molecule has 0 radical (unpaired) electrons. The Kier molecular flexibility index (Phi) is 6.88. The Morgan fingerprint density at radius 3 is 2.30 bits per heavy atom. The van der Waals surface area contributed by atoms with Gasteiger partial charge in [0.25, 0.3) is 0 Å². The number of esters is 1. The maximum atomic E-state index is 14.0. The summed E-state index contributed by atoms with van der Waals surface area (Å²) in [7, 11) is 0. The van der Waals surface area contributed by atoms with Gasteiger partial charge in [-0.15, -0.1) is 0 Å². The number of benzene rings is 1. The Morgan fingerprint density at radius 2 is 1.85 bits per heavy atom. The van der Waals surface area contributed by atoms with Crippen LogP contribution in [0.25, 0.3) is 0 Å². The molecule has 0 saturated heterocycles. The number of rotatable bonds is 6. The van der Waals surface area contributed by atoms with Crippen LogP contribution in [0.1, 0.15) is 12.5 Å². The maximum absolute atomic E-state index is 14.0. The van der Waals surface area contributed by atoms with Gasteiger partial charge in [-0.2, -0.15) is 36.0 Å². The average Bonchev–Trinajstić information content (AvgIpc) is 2.54. The van der Waals surface area contributed by atoms with E-state index in [-0.39, 0.29) is 28.4 Å². The molecule has 0 unspecified atom stereocenters. The zero-order valence-electron chi connectivity index (χ0n) is 13.3. The van der Waals surface area contributed by atoms with Gasteiger partial charge in [0, 0.05) is 10.5 Å². The molecule has 0 heterocycles. The van der Waals surface area contributed by atoms with Gasteiger partial charge in [-0.3, -0.25) is 0 Å². The summed E-state index contributed by atoms with van der Waals surface area (Å²) in [6.07, 6.45) is -6.78. The molecule has 0 fully saturated rings. The number of allylic oxidation sites excluding steroid dienone is 1. The highest BCUT2D eigenvalue weighted by molar-refractivity contribution is 9.10. The number of hydrogen-bond acceptors (Lipinski definition) is 4. The number of alkyl halides is 7. The Morgan fingerprint density at radius 1 is 1.26 bits per heavy atom. The number of nitrogens with one attached hydrogen (secondary N) is 1. The van der Waals surface area contributed by atoms with Crippen LogP contribution in [0.4, 0.5) is 36.4 Å². The third-order valence-electron chi connectivity index (χ3n) is 3.00. The van der Waals surface area contributed by atoms with E-state index in [0.717, 1.165) is 18.2 Å². The quantitative estimate of drug-likeness (QED) is 0.366. The summed E-state index contributed by atoms with van der Waals surface area (Å²) in [5, 5.41) is 10.4. The van der Waals surface area contributed by atoms with Crippen molar-refractivity contribution in [2.75, 3.05) is 11.9 Å². The van der Waals surface area contributed by atoms with Crippen molar-refractivity contribution in [1.82, 2.24) is 0 Å². The van der Waals surface area contributed by atoms with E-state index in [0.29, 0.717) is 0 Å². The molecule has 0 spiro atoms. The largest absolute Gasteiger partial charge is 0.463 e. The van der Waals surface area contributed by atoms with E-state index in [4.69, 9.17) is 5.26 Å². The van der Waals surface area contributed by atoms with E-state index in [9.17, 15) is 35.5 Å². The first kappa shape index (κ1) is 22.8. The van der Waals surface area contributed by atoms with E-state index in [1.165, 1.54) is 6.92 Å². The fourth-order valence-corrected chi connectivity index (χ4v) is 2.16. The third-order valence-corrected chi connectivity index (χ3v) is 3.66. The first-order valence-electron chi connectivity index (χ1n) is 6.95. The van der Waals surface area contributed by atoms with Crippen molar-refractivity contribution in [2.24, 2.45) is 0 Å². The van der Waals surface area contributed by atoms with Gasteiger partial charge in [0.15, 0.2) is 0 Å². The topological polar surface area (TPSA) is 62.1 Å². The van der Waals surface area contributed by atoms with Crippen molar-refractivity contribution in [3.05, 3.63) is 40.0 Å². The number of carbonyl (C=O) groups excluding carboxylic acids is 1. The molecule has 0 saturated carbocycles. The summed E-state index contributed by atoms with van der Waals surface area (Å²) < 4.78 is 96.3. The average molecular weight is 463 g/mol. The summed E-state index contributed by atoms with van der Waals surface area (Å²) >= 11 is 2.86. The van der Waals surface area contributed by atoms with Crippen molar-refractivity contribution in [3.63, 3.8) is 0 Å². The van der Waals surface area contributed by atoms with E-state index in [2.05, 4.69) is 20.7 Å². The number of anilines is 1. The number of halogens is 8. The molecule has 0 aromatic heterocycles. The first-order chi connectivity index (χ1) is 12.3. The Bertz CT molecular complexity index is 785. The molecule has 0 atom stereocenters. The van der Waals surface area contributed by atoms with Crippen LogP contribution >= 0.6 is 15.9 Å². The van der Waals surface area contributed by atoms with Gasteiger partial charge in [-0.1, -0.05) is 0 Å². The van der Waals surface area contributed by atoms with Gasteiger partial charge in [-0.05, 0) is 41.1 Å². The fourth-order valence-electron chi connectivity index (χ4n) is 1.69. The summed E-state index contributed by atoms with van der Waals surface area (Å²) in [6, 6.07) is 4.88. The van der Waals surface area contributed by atoms with Gasteiger partial charge in [0.2, 0.25) is 0 Å². The highest BCUT2D eigenvalue weighted by Crippen LogP contribution is 2.50. The number of ether oxygens (including phenoxy) is 1. The second-order valence-electron chi connectivity index (χ2n) is 4.89. The van der Waals surface area contributed by atoms with Crippen molar-refractivity contribution in [3.8, 4) is 6.07 Å². The molecule has 1 N–H and O–H groups in total. The Balaban J connectivity index is 3.46. The van der Waals surface area contributed by atoms with Crippen molar-refractivity contribution < 1.29 is 40.3 Å². The van der Waals surface area contributed by atoms with Gasteiger partial charge in [0.1, 0.15) is 0 Å². The Labute approximate surface area is 156 Å². The molecule has 0 bridgehead atoms. The van der Waals surface area contributed by atoms with Gasteiger partial charge < -0.3 is 10.1 Å². The summed E-state index contributed by atoms with van der Waals surface area (Å²) in [5.74, 6) is -13.9. The molecule has 0 amide bonds. The molecule has 27 heavy (non-hydrogen) atoms. The van der Waals surface area contributed by atoms with Crippen LogP contribution in [-0.2, 0) is 9.53 Å². The predicted molar refractivity (Wildman–Crippen MR) is 83.1 cm³/mol. The molecule has 4 nitrogen and oxygen atoms in total. The molecular weight excluding hydrogens is 453 g/mol. The van der Waals surface area contributed by atoms with E-state index >= 15 is 0 Å². The zero-order valence-corrected chi connectivity index (χ0v) is 14.9. The second-order valence-corrected chi connectivity index (χ2v) is 5.74. The van der Waals surface area contributed by atoms with Gasteiger partial charge >= 0.3 is 24.0 Å². The lowest BCUT2D eigenvalue weighted by Crippen LogP contribution is -2.54. The van der Waals surface area contributed by atoms with Gasteiger partial charge in [-0.25, -0.2) is 4.79 Å². The summed E-state index contributed by atoms with van der Waals surface area (Å²) in [4.78, 5) is 11.4. The Hall–Kier alpha value is -2.29. The first-order valence-corrected chi connectivity index (χ1v) is 7.75. The lowest BCUT2D eigenvalue weighted by molar-refractivity contribution is -0.344. The number of hydrogen-bond donors (Lipinski definition) is 1. The zero-order chi connectivity index (χ0) is 21.0. The molecule has 0 aliphatic heterocycles. The van der Waals surface area contributed by atoms with Crippen molar-refractivity contribution in [1.29, 1.82) is 5.26 Å². The highest BCUT2D eigenvalue weighted by Gasteiger charge is 2.74. The minimum atomic E-state index is -6.59. The third kappa shape index (κ3) is 4.91. The van der Waals surface area contributed by atoms with Crippen LogP contribution < -0.4 is 5.32 Å². The minimum Gasteiger partial charge on any atom is -0.463 e. The molecule has 1 rings (SSSR count). The predicted octanol–water partition coefficient (Wildman–Crippen LogP) is 5.01. The monoisotopic (exact) mass is 462 g/mol. The SMILES string of the molecule is CCOC(=O)/C=C(/Nc1ccc(C#N)cc1Br)C(F)(F)C(F)(F)C(F)(F)F. The molecule has 1 aromatic rings. The van der Waals surface area contributed by atoms with Crippen LogP contribution in [0.15, 0.2) is 34.4 Å². The summed E-state index contributed by atoms with van der Waals surface area (Å²) in [6.45, 7) is 0.947. The van der Waals surface area contributed by atoms with Crippen molar-refractivity contribution >= 4 is 27.6 Å². The van der Waals surface area contributed by atoms with Crippen LogP contribution in [0.5, 0.6) is 0 Å². The second kappa shape index (κ2) is 8.16. The van der Waals surface area contributed by atoms with Crippen LogP contribution in [0.3, 0.4) is 0 Å². The number of nitriles is 1. The van der Waals surface area contributed by atoms with Crippen LogP contribution in [-0.4, -0.2) is 30.6 Å². The highest BCUT2D eigenvalue weighted by atomic mass is 79.9. The molecule has 148 valence electrons. The molecule has 0 aliphatic carbocycles. The van der Waals surface area contributed by atoms with E-state index in [1.54, 1.807) is 11.4 Å². The number of nitrogens with zero attached hydrogens (tertiary/aromatic N) is 1. The van der Waals surface area contributed by atoms with E-state index < -0.39 is 29.7 Å². The summed E-state index contributed by atoms with van der Waals surface area (Å²) in [5.41, 5.74) is -2.37. The van der Waals surface area contributed by atoms with Gasteiger partial charge in [0.05, 0.1) is 29.6 Å².